The minimum Gasteiger partial charge on any atom is -0.368 e. The maximum Gasteiger partial charge on any atom is 0.244 e. The molecule has 3 aliphatic rings. The molecule has 0 aromatic carbocycles. The van der Waals surface area contributed by atoms with Crippen LogP contribution in [0.3, 0.4) is 0 Å². The lowest BCUT2D eigenvalue weighted by Gasteiger charge is -2.37. The fourth-order valence-corrected chi connectivity index (χ4v) is 5.35. The molecule has 0 aromatic rings. The van der Waals surface area contributed by atoms with Gasteiger partial charge >= 0.3 is 0 Å². The molecule has 3 amide bonds. The molecule has 2 unspecified atom stereocenters. The van der Waals surface area contributed by atoms with E-state index in [0.717, 1.165) is 25.7 Å². The van der Waals surface area contributed by atoms with Crippen molar-refractivity contribution in [2.45, 2.75) is 68.3 Å². The molecule has 7 heteroatoms. The number of hydrogen-bond acceptors (Lipinski definition) is 4. The van der Waals surface area contributed by atoms with Crippen LogP contribution in [0.5, 0.6) is 0 Å². The fraction of sp³-hybridized carbons (Fsp3) is 0.800. The SMILES string of the molecule is CC12CCC(=O)N1C(C(=O)NC1(C(N)=O)CCCCC1)CS2. The number of rotatable bonds is 3. The number of amides is 3. The summed E-state index contributed by atoms with van der Waals surface area (Å²) in [6, 6.07) is -0.483. The first-order valence-corrected chi connectivity index (χ1v) is 8.95. The number of hydrogen-bond donors (Lipinski definition) is 2. The lowest BCUT2D eigenvalue weighted by molar-refractivity contribution is -0.141. The molecular formula is C15H23N3O3S. The Hall–Kier alpha value is -1.24. The van der Waals surface area contributed by atoms with Crippen LogP contribution in [0.4, 0.5) is 0 Å². The fourth-order valence-electron chi connectivity index (χ4n) is 3.92. The quantitative estimate of drug-likeness (QED) is 0.800. The number of nitrogens with two attached hydrogens (primary N) is 1. The minimum absolute atomic E-state index is 0.0319. The summed E-state index contributed by atoms with van der Waals surface area (Å²) in [6.07, 6.45) is 5.31. The summed E-state index contributed by atoms with van der Waals surface area (Å²) in [5, 5.41) is 2.90. The van der Waals surface area contributed by atoms with Crippen molar-refractivity contribution in [2.24, 2.45) is 5.73 Å². The summed E-state index contributed by atoms with van der Waals surface area (Å²) >= 11 is 1.65. The Kier molecular flexibility index (Phi) is 3.87. The third-order valence-electron chi connectivity index (χ3n) is 5.29. The van der Waals surface area contributed by atoms with Crippen LogP contribution in [-0.2, 0) is 14.4 Å². The van der Waals surface area contributed by atoms with Crippen molar-refractivity contribution in [3.8, 4) is 0 Å². The smallest absolute Gasteiger partial charge is 0.244 e. The van der Waals surface area contributed by atoms with Gasteiger partial charge in [0.2, 0.25) is 17.7 Å². The summed E-state index contributed by atoms with van der Waals surface area (Å²) in [5.74, 6) is -0.0681. The van der Waals surface area contributed by atoms with E-state index >= 15 is 0 Å². The lowest BCUT2D eigenvalue weighted by Crippen LogP contribution is -2.62. The number of primary amides is 1. The first kappa shape index (κ1) is 15.6. The molecular weight excluding hydrogens is 302 g/mol. The molecule has 0 bridgehead atoms. The van der Waals surface area contributed by atoms with E-state index in [1.807, 2.05) is 6.92 Å². The van der Waals surface area contributed by atoms with Crippen molar-refractivity contribution >= 4 is 29.5 Å². The van der Waals surface area contributed by atoms with Crippen LogP contribution in [0.15, 0.2) is 0 Å². The molecule has 2 atom stereocenters. The topological polar surface area (TPSA) is 92.5 Å². The van der Waals surface area contributed by atoms with Gasteiger partial charge in [-0.15, -0.1) is 11.8 Å². The molecule has 1 saturated carbocycles. The van der Waals surface area contributed by atoms with E-state index in [1.165, 1.54) is 0 Å². The minimum atomic E-state index is -0.929. The molecule has 2 heterocycles. The van der Waals surface area contributed by atoms with Crippen LogP contribution in [0.25, 0.3) is 0 Å². The zero-order valence-corrected chi connectivity index (χ0v) is 13.7. The molecule has 1 aliphatic carbocycles. The molecule has 3 rings (SSSR count). The molecule has 3 N–H and O–H groups in total. The van der Waals surface area contributed by atoms with Crippen LogP contribution in [0, 0.1) is 0 Å². The summed E-state index contributed by atoms with van der Waals surface area (Å²) in [4.78, 5) is 38.2. The van der Waals surface area contributed by atoms with Gasteiger partial charge in [-0.3, -0.25) is 14.4 Å². The van der Waals surface area contributed by atoms with E-state index in [4.69, 9.17) is 5.73 Å². The first-order chi connectivity index (χ1) is 10.4. The van der Waals surface area contributed by atoms with Crippen molar-refractivity contribution in [2.75, 3.05) is 5.75 Å². The molecule has 22 heavy (non-hydrogen) atoms. The number of nitrogens with zero attached hydrogens (tertiary/aromatic N) is 1. The van der Waals surface area contributed by atoms with Gasteiger partial charge in [0.05, 0.1) is 4.87 Å². The highest BCUT2D eigenvalue weighted by molar-refractivity contribution is 8.01. The van der Waals surface area contributed by atoms with Gasteiger partial charge in [-0.2, -0.15) is 0 Å². The Morgan fingerprint density at radius 3 is 2.59 bits per heavy atom. The van der Waals surface area contributed by atoms with Crippen LogP contribution in [-0.4, -0.2) is 44.8 Å². The molecule has 2 aliphatic heterocycles. The molecule has 6 nitrogen and oxygen atoms in total. The van der Waals surface area contributed by atoms with Gasteiger partial charge in [0, 0.05) is 12.2 Å². The standard InChI is InChI=1S/C15H23N3O3S/c1-14-8-5-11(19)18(14)10(9-22-14)12(20)17-15(13(16)21)6-3-2-4-7-15/h10H,2-9H2,1H3,(H2,16,21)(H,17,20). The number of fused-ring (bicyclic) bond motifs is 1. The molecule has 3 fully saturated rings. The molecule has 0 spiro atoms. The van der Waals surface area contributed by atoms with Gasteiger partial charge in [0.25, 0.3) is 0 Å². The molecule has 0 aromatic heterocycles. The summed E-state index contributed by atoms with van der Waals surface area (Å²) in [5.41, 5.74) is 4.64. The van der Waals surface area contributed by atoms with Gasteiger partial charge in [0.15, 0.2) is 0 Å². The highest BCUT2D eigenvalue weighted by Gasteiger charge is 2.54. The van der Waals surface area contributed by atoms with E-state index < -0.39 is 17.5 Å². The predicted octanol–water partition coefficient (Wildman–Crippen LogP) is 0.745. The second kappa shape index (κ2) is 5.44. The van der Waals surface area contributed by atoms with Crippen molar-refractivity contribution in [3.05, 3.63) is 0 Å². The average Bonchev–Trinajstić information content (AvgIpc) is 2.97. The van der Waals surface area contributed by atoms with Gasteiger partial charge in [-0.25, -0.2) is 0 Å². The van der Waals surface area contributed by atoms with E-state index in [9.17, 15) is 14.4 Å². The average molecular weight is 325 g/mol. The van der Waals surface area contributed by atoms with Crippen molar-refractivity contribution < 1.29 is 14.4 Å². The Bertz CT molecular complexity index is 518. The molecule has 122 valence electrons. The number of thioether (sulfide) groups is 1. The predicted molar refractivity (Wildman–Crippen MR) is 83.9 cm³/mol. The van der Waals surface area contributed by atoms with E-state index in [2.05, 4.69) is 5.32 Å². The lowest BCUT2D eigenvalue weighted by atomic mass is 9.81. The normalized spacial score (nSPS) is 33.6. The Morgan fingerprint density at radius 2 is 1.95 bits per heavy atom. The number of carbonyl (C=O) groups is 3. The largest absolute Gasteiger partial charge is 0.368 e. The Morgan fingerprint density at radius 1 is 1.27 bits per heavy atom. The van der Waals surface area contributed by atoms with Crippen molar-refractivity contribution in [1.29, 1.82) is 0 Å². The highest BCUT2D eigenvalue weighted by Crippen LogP contribution is 2.47. The van der Waals surface area contributed by atoms with Crippen LogP contribution < -0.4 is 11.1 Å². The van der Waals surface area contributed by atoms with Gasteiger partial charge in [-0.1, -0.05) is 19.3 Å². The van der Waals surface area contributed by atoms with Crippen molar-refractivity contribution in [1.82, 2.24) is 10.2 Å². The monoisotopic (exact) mass is 325 g/mol. The Balaban J connectivity index is 1.76. The summed E-state index contributed by atoms with van der Waals surface area (Å²) in [7, 11) is 0. The van der Waals surface area contributed by atoms with Crippen LogP contribution >= 0.6 is 11.8 Å². The maximum atomic E-state index is 12.7. The second-order valence-corrected chi connectivity index (χ2v) is 8.26. The van der Waals surface area contributed by atoms with Crippen molar-refractivity contribution in [3.63, 3.8) is 0 Å². The Labute approximate surface area is 134 Å². The number of carbonyl (C=O) groups excluding carboxylic acids is 3. The van der Waals surface area contributed by atoms with Crippen LogP contribution in [0.2, 0.25) is 0 Å². The van der Waals surface area contributed by atoms with E-state index in [0.29, 0.717) is 25.0 Å². The van der Waals surface area contributed by atoms with Gasteiger partial charge < -0.3 is 16.0 Å². The zero-order valence-electron chi connectivity index (χ0n) is 12.9. The highest BCUT2D eigenvalue weighted by atomic mass is 32.2. The third-order valence-corrected chi connectivity index (χ3v) is 6.79. The zero-order chi connectivity index (χ0) is 16.0. The second-order valence-electron chi connectivity index (χ2n) is 6.76. The van der Waals surface area contributed by atoms with Crippen LogP contribution in [0.1, 0.15) is 51.9 Å². The molecule has 0 radical (unpaired) electrons. The molecule has 2 saturated heterocycles. The first-order valence-electron chi connectivity index (χ1n) is 7.96. The van der Waals surface area contributed by atoms with E-state index in [1.54, 1.807) is 16.7 Å². The van der Waals surface area contributed by atoms with Gasteiger partial charge in [-0.05, 0) is 26.2 Å². The van der Waals surface area contributed by atoms with Gasteiger partial charge in [0.1, 0.15) is 11.6 Å². The maximum absolute atomic E-state index is 12.7. The summed E-state index contributed by atoms with van der Waals surface area (Å²) < 4.78 is 0. The summed E-state index contributed by atoms with van der Waals surface area (Å²) in [6.45, 7) is 2.01. The van der Waals surface area contributed by atoms with E-state index in [-0.39, 0.29) is 16.7 Å². The third kappa shape index (κ3) is 2.39. The number of nitrogens with one attached hydrogen (secondary N) is 1.